The average Bonchev–Trinajstić information content (AvgIpc) is 2.97. The molecule has 136 valence electrons. The van der Waals surface area contributed by atoms with Crippen LogP contribution in [0.25, 0.3) is 11.2 Å². The van der Waals surface area contributed by atoms with E-state index in [0.717, 1.165) is 28.3 Å². The van der Waals surface area contributed by atoms with Crippen LogP contribution >= 0.6 is 0 Å². The Balaban J connectivity index is 1.82. The topological polar surface area (TPSA) is 83.0 Å². The molecule has 1 amide bonds. The number of imidazole rings is 1. The Morgan fingerprint density at radius 3 is 2.69 bits per heavy atom. The fraction of sp³-hybridized carbons (Fsp3) is 0.350. The Kier molecular flexibility index (Phi) is 5.51. The summed E-state index contributed by atoms with van der Waals surface area (Å²) in [5, 5.41) is 0. The number of fused-ring (bicyclic) bond motifs is 1. The van der Waals surface area contributed by atoms with Gasteiger partial charge in [0.25, 0.3) is 0 Å². The summed E-state index contributed by atoms with van der Waals surface area (Å²) < 4.78 is 7.78. The van der Waals surface area contributed by atoms with Crippen molar-refractivity contribution < 1.29 is 9.53 Å². The molecule has 0 saturated heterocycles. The first-order chi connectivity index (χ1) is 12.5. The van der Waals surface area contributed by atoms with Gasteiger partial charge in [-0.25, -0.2) is 9.97 Å². The van der Waals surface area contributed by atoms with E-state index in [2.05, 4.69) is 23.8 Å². The normalized spacial score (nSPS) is 11.2. The molecule has 0 aliphatic rings. The van der Waals surface area contributed by atoms with E-state index in [4.69, 9.17) is 10.5 Å². The van der Waals surface area contributed by atoms with Crippen molar-refractivity contribution in [2.24, 2.45) is 11.7 Å². The van der Waals surface area contributed by atoms with Gasteiger partial charge in [0.2, 0.25) is 5.91 Å². The minimum absolute atomic E-state index is 0.269. The fourth-order valence-corrected chi connectivity index (χ4v) is 2.73. The maximum Gasteiger partial charge on any atom is 0.217 e. The number of nitrogens with two attached hydrogens (primary N) is 1. The van der Waals surface area contributed by atoms with Gasteiger partial charge in [-0.2, -0.15) is 0 Å². The highest BCUT2D eigenvalue weighted by molar-refractivity contribution is 5.74. The molecule has 6 heteroatoms. The number of carbonyl (C=O) groups excluding carboxylic acids is 1. The molecule has 0 aliphatic heterocycles. The molecule has 0 bridgehead atoms. The number of pyridine rings is 1. The largest absolute Gasteiger partial charge is 0.493 e. The van der Waals surface area contributed by atoms with Gasteiger partial charge in [-0.05, 0) is 35.7 Å². The van der Waals surface area contributed by atoms with Crippen LogP contribution in [0.15, 0.2) is 42.6 Å². The van der Waals surface area contributed by atoms with Crippen molar-refractivity contribution in [3.8, 4) is 5.75 Å². The summed E-state index contributed by atoms with van der Waals surface area (Å²) >= 11 is 0. The molecule has 0 fully saturated rings. The van der Waals surface area contributed by atoms with Gasteiger partial charge in [0.1, 0.15) is 17.1 Å². The first-order valence-electron chi connectivity index (χ1n) is 8.83. The maximum atomic E-state index is 11.2. The van der Waals surface area contributed by atoms with Gasteiger partial charge in [0.05, 0.1) is 13.2 Å². The van der Waals surface area contributed by atoms with Crippen molar-refractivity contribution >= 4 is 17.1 Å². The van der Waals surface area contributed by atoms with E-state index in [1.807, 2.05) is 41.0 Å². The van der Waals surface area contributed by atoms with Gasteiger partial charge >= 0.3 is 0 Å². The summed E-state index contributed by atoms with van der Waals surface area (Å²) in [6.07, 6.45) is 2.52. The second-order valence-electron chi connectivity index (χ2n) is 6.78. The van der Waals surface area contributed by atoms with Crippen molar-refractivity contribution in [2.45, 2.75) is 33.2 Å². The molecule has 3 rings (SSSR count). The van der Waals surface area contributed by atoms with Crippen LogP contribution in [-0.4, -0.2) is 27.0 Å². The van der Waals surface area contributed by atoms with Crippen molar-refractivity contribution in [3.05, 3.63) is 54.0 Å². The number of nitrogens with zero attached hydrogens (tertiary/aromatic N) is 3. The molecule has 0 saturated carbocycles. The molecule has 2 N–H and O–H groups in total. The zero-order chi connectivity index (χ0) is 18.5. The summed E-state index contributed by atoms with van der Waals surface area (Å²) in [6, 6.07) is 11.8. The first kappa shape index (κ1) is 17.9. The molecule has 1 aromatic carbocycles. The summed E-state index contributed by atoms with van der Waals surface area (Å²) in [5.41, 5.74) is 8.05. The summed E-state index contributed by atoms with van der Waals surface area (Å²) in [7, 11) is 0. The van der Waals surface area contributed by atoms with Crippen LogP contribution in [0.1, 0.15) is 31.7 Å². The predicted molar refractivity (Wildman–Crippen MR) is 101 cm³/mol. The number of hydrogen-bond donors (Lipinski definition) is 1. The van der Waals surface area contributed by atoms with E-state index >= 15 is 0 Å². The smallest absolute Gasteiger partial charge is 0.217 e. The molecule has 0 aliphatic carbocycles. The predicted octanol–water partition coefficient (Wildman–Crippen LogP) is 2.93. The van der Waals surface area contributed by atoms with Crippen LogP contribution < -0.4 is 10.5 Å². The minimum atomic E-state index is -0.330. The molecule has 0 radical (unpaired) electrons. The van der Waals surface area contributed by atoms with Crippen LogP contribution in [0.3, 0.4) is 0 Å². The number of benzene rings is 1. The molecule has 2 aromatic heterocycles. The van der Waals surface area contributed by atoms with Gasteiger partial charge in [-0.3, -0.25) is 4.79 Å². The van der Waals surface area contributed by atoms with Crippen LogP contribution in [0.5, 0.6) is 5.75 Å². The van der Waals surface area contributed by atoms with Crippen molar-refractivity contribution in [2.75, 3.05) is 6.61 Å². The molecule has 6 nitrogen and oxygen atoms in total. The van der Waals surface area contributed by atoms with E-state index in [0.29, 0.717) is 25.5 Å². The van der Waals surface area contributed by atoms with Crippen molar-refractivity contribution in [1.29, 1.82) is 0 Å². The highest BCUT2D eigenvalue weighted by Gasteiger charge is 2.13. The van der Waals surface area contributed by atoms with Gasteiger partial charge in [-0.1, -0.05) is 26.0 Å². The van der Waals surface area contributed by atoms with Crippen LogP contribution in [0.2, 0.25) is 0 Å². The first-order valence-corrected chi connectivity index (χ1v) is 8.83. The van der Waals surface area contributed by atoms with E-state index in [-0.39, 0.29) is 12.3 Å². The van der Waals surface area contributed by atoms with Crippen LogP contribution in [0, 0.1) is 5.92 Å². The molecular formula is C20H24N4O2. The monoisotopic (exact) mass is 352 g/mol. The Labute approximate surface area is 153 Å². The zero-order valence-electron chi connectivity index (χ0n) is 15.2. The highest BCUT2D eigenvalue weighted by atomic mass is 16.5. The number of carbonyl (C=O) groups is 1. The fourth-order valence-electron chi connectivity index (χ4n) is 2.73. The lowest BCUT2D eigenvalue weighted by atomic mass is 10.2. The quantitative estimate of drug-likeness (QED) is 0.676. The standard InChI is InChI=1S/C20H24N4O2/c1-14(2)13-26-16-7-5-15(6-8-16)12-24-19(10-9-18(21)25)23-17-4-3-11-22-20(17)24/h3-8,11,14H,9-10,12-13H2,1-2H3,(H2,21,25). The lowest BCUT2D eigenvalue weighted by Gasteiger charge is -2.11. The van der Waals surface area contributed by atoms with E-state index < -0.39 is 0 Å². The molecular weight excluding hydrogens is 328 g/mol. The third-order valence-electron chi connectivity index (χ3n) is 4.03. The van der Waals surface area contributed by atoms with E-state index in [9.17, 15) is 4.79 Å². The number of hydrogen-bond acceptors (Lipinski definition) is 4. The maximum absolute atomic E-state index is 11.2. The second-order valence-corrected chi connectivity index (χ2v) is 6.78. The Bertz CT molecular complexity index is 884. The number of aryl methyl sites for hydroxylation is 1. The number of aromatic nitrogens is 3. The second kappa shape index (κ2) is 7.99. The Morgan fingerprint density at radius 2 is 2.00 bits per heavy atom. The van der Waals surface area contributed by atoms with E-state index in [1.54, 1.807) is 6.20 Å². The third-order valence-corrected chi connectivity index (χ3v) is 4.03. The van der Waals surface area contributed by atoms with E-state index in [1.165, 1.54) is 0 Å². The third kappa shape index (κ3) is 4.39. The summed E-state index contributed by atoms with van der Waals surface area (Å²) in [4.78, 5) is 20.2. The Hall–Kier alpha value is -2.89. The SMILES string of the molecule is CC(C)COc1ccc(Cn2c(CCC(N)=O)nc3cccnc32)cc1. The lowest BCUT2D eigenvalue weighted by Crippen LogP contribution is -2.14. The number of amides is 1. The van der Waals surface area contributed by atoms with Crippen molar-refractivity contribution in [3.63, 3.8) is 0 Å². The molecule has 0 spiro atoms. The molecule has 2 heterocycles. The minimum Gasteiger partial charge on any atom is -0.493 e. The van der Waals surface area contributed by atoms with Crippen LogP contribution in [-0.2, 0) is 17.8 Å². The lowest BCUT2D eigenvalue weighted by molar-refractivity contribution is -0.118. The summed E-state index contributed by atoms with van der Waals surface area (Å²) in [6.45, 7) is 5.58. The molecule has 26 heavy (non-hydrogen) atoms. The highest BCUT2D eigenvalue weighted by Crippen LogP contribution is 2.19. The average molecular weight is 352 g/mol. The molecule has 3 aromatic rings. The van der Waals surface area contributed by atoms with Gasteiger partial charge in [0, 0.05) is 19.0 Å². The number of ether oxygens (including phenoxy) is 1. The van der Waals surface area contributed by atoms with Gasteiger partial charge in [0.15, 0.2) is 5.65 Å². The van der Waals surface area contributed by atoms with Crippen molar-refractivity contribution in [1.82, 2.24) is 14.5 Å². The summed E-state index contributed by atoms with van der Waals surface area (Å²) in [5.74, 6) is 1.84. The number of primary amides is 1. The number of rotatable bonds is 8. The van der Waals surface area contributed by atoms with Crippen LogP contribution in [0.4, 0.5) is 0 Å². The van der Waals surface area contributed by atoms with Gasteiger partial charge in [-0.15, -0.1) is 0 Å². The Morgan fingerprint density at radius 1 is 1.23 bits per heavy atom. The zero-order valence-corrected chi connectivity index (χ0v) is 15.2. The molecule has 0 atom stereocenters. The van der Waals surface area contributed by atoms with Gasteiger partial charge < -0.3 is 15.0 Å². The molecule has 0 unspecified atom stereocenters.